The van der Waals surface area contributed by atoms with Crippen molar-refractivity contribution in [2.24, 2.45) is 0 Å². The van der Waals surface area contributed by atoms with E-state index in [1.165, 1.54) is 0 Å². The standard InChI is InChI=1S/C16H18ClN3O2/c1-22-15-5-3-2-4-12(15)14-10-18-6-7-20(14)16(21)13-8-11(17)9-19-13/h2-5,8-9,14,18-19H,6-7,10H2,1H3. The molecule has 2 heterocycles. The number of piperazine rings is 1. The highest BCUT2D eigenvalue weighted by atomic mass is 35.5. The molecule has 5 nitrogen and oxygen atoms in total. The second-order valence-corrected chi connectivity index (χ2v) is 5.63. The molecular weight excluding hydrogens is 302 g/mol. The zero-order valence-electron chi connectivity index (χ0n) is 12.3. The van der Waals surface area contributed by atoms with Gasteiger partial charge in [0.25, 0.3) is 5.91 Å². The van der Waals surface area contributed by atoms with Gasteiger partial charge < -0.3 is 19.9 Å². The van der Waals surface area contributed by atoms with Crippen LogP contribution in [0.25, 0.3) is 0 Å². The number of hydrogen-bond acceptors (Lipinski definition) is 3. The number of carbonyl (C=O) groups is 1. The van der Waals surface area contributed by atoms with Crippen LogP contribution in [0.3, 0.4) is 0 Å². The van der Waals surface area contributed by atoms with Gasteiger partial charge in [0.2, 0.25) is 0 Å². The van der Waals surface area contributed by atoms with Crippen molar-refractivity contribution in [1.29, 1.82) is 0 Å². The minimum atomic E-state index is -0.0699. The molecule has 1 atom stereocenters. The van der Waals surface area contributed by atoms with E-state index in [1.807, 2.05) is 29.2 Å². The molecule has 0 saturated carbocycles. The van der Waals surface area contributed by atoms with Crippen molar-refractivity contribution in [3.8, 4) is 5.75 Å². The Morgan fingerprint density at radius 3 is 2.95 bits per heavy atom. The first-order valence-corrected chi connectivity index (χ1v) is 7.57. The third-order valence-electron chi connectivity index (χ3n) is 3.88. The van der Waals surface area contributed by atoms with E-state index in [-0.39, 0.29) is 11.9 Å². The van der Waals surface area contributed by atoms with Crippen LogP contribution in [0.1, 0.15) is 22.1 Å². The van der Waals surface area contributed by atoms with E-state index in [0.29, 0.717) is 23.8 Å². The number of rotatable bonds is 3. The topological polar surface area (TPSA) is 57.4 Å². The fourth-order valence-corrected chi connectivity index (χ4v) is 2.98. The summed E-state index contributed by atoms with van der Waals surface area (Å²) in [5, 5.41) is 3.88. The lowest BCUT2D eigenvalue weighted by Crippen LogP contribution is -2.48. The number of ether oxygens (including phenoxy) is 1. The molecule has 116 valence electrons. The van der Waals surface area contributed by atoms with E-state index in [0.717, 1.165) is 17.9 Å². The van der Waals surface area contributed by atoms with E-state index in [1.54, 1.807) is 19.4 Å². The van der Waals surface area contributed by atoms with Gasteiger partial charge in [-0.05, 0) is 12.1 Å². The molecule has 1 fully saturated rings. The van der Waals surface area contributed by atoms with Gasteiger partial charge in [-0.2, -0.15) is 0 Å². The van der Waals surface area contributed by atoms with Crippen LogP contribution >= 0.6 is 11.6 Å². The number of benzene rings is 1. The van der Waals surface area contributed by atoms with Crippen molar-refractivity contribution >= 4 is 17.5 Å². The van der Waals surface area contributed by atoms with Gasteiger partial charge in [0.05, 0.1) is 18.2 Å². The molecule has 3 rings (SSSR count). The molecule has 1 unspecified atom stereocenters. The van der Waals surface area contributed by atoms with Gasteiger partial charge >= 0.3 is 0 Å². The fraction of sp³-hybridized carbons (Fsp3) is 0.312. The number of carbonyl (C=O) groups excluding carboxylic acids is 1. The average Bonchev–Trinajstić information content (AvgIpc) is 3.00. The van der Waals surface area contributed by atoms with E-state index in [4.69, 9.17) is 16.3 Å². The number of halogens is 1. The lowest BCUT2D eigenvalue weighted by Gasteiger charge is -2.36. The molecule has 1 aromatic carbocycles. The van der Waals surface area contributed by atoms with E-state index >= 15 is 0 Å². The van der Waals surface area contributed by atoms with Gasteiger partial charge in [-0.1, -0.05) is 29.8 Å². The zero-order chi connectivity index (χ0) is 15.5. The quantitative estimate of drug-likeness (QED) is 0.913. The molecule has 6 heteroatoms. The Labute approximate surface area is 134 Å². The van der Waals surface area contributed by atoms with Crippen LogP contribution in [-0.2, 0) is 0 Å². The first kappa shape index (κ1) is 14.9. The number of hydrogen-bond donors (Lipinski definition) is 2. The summed E-state index contributed by atoms with van der Waals surface area (Å²) in [4.78, 5) is 17.5. The Balaban J connectivity index is 1.93. The largest absolute Gasteiger partial charge is 0.496 e. The number of para-hydroxylation sites is 1. The van der Waals surface area contributed by atoms with Crippen LogP contribution in [0.5, 0.6) is 5.75 Å². The Morgan fingerprint density at radius 1 is 1.41 bits per heavy atom. The highest BCUT2D eigenvalue weighted by Crippen LogP contribution is 2.31. The first-order valence-electron chi connectivity index (χ1n) is 7.19. The molecule has 1 saturated heterocycles. The third-order valence-corrected chi connectivity index (χ3v) is 4.10. The highest BCUT2D eigenvalue weighted by Gasteiger charge is 2.30. The monoisotopic (exact) mass is 319 g/mol. The predicted molar refractivity (Wildman–Crippen MR) is 85.4 cm³/mol. The van der Waals surface area contributed by atoms with Gasteiger partial charge in [-0.25, -0.2) is 0 Å². The summed E-state index contributed by atoms with van der Waals surface area (Å²) < 4.78 is 5.44. The summed E-state index contributed by atoms with van der Waals surface area (Å²) in [5.74, 6) is 0.739. The molecule has 0 spiro atoms. The summed E-state index contributed by atoms with van der Waals surface area (Å²) in [5.41, 5.74) is 1.51. The Bertz CT molecular complexity index is 671. The normalized spacial score (nSPS) is 18.3. The van der Waals surface area contributed by atoms with Crippen LogP contribution < -0.4 is 10.1 Å². The number of nitrogens with zero attached hydrogens (tertiary/aromatic N) is 1. The maximum absolute atomic E-state index is 12.8. The van der Waals surface area contributed by atoms with Crippen molar-refractivity contribution in [1.82, 2.24) is 15.2 Å². The Morgan fingerprint density at radius 2 is 2.23 bits per heavy atom. The maximum Gasteiger partial charge on any atom is 0.270 e. The molecule has 0 radical (unpaired) electrons. The molecule has 0 aliphatic carbocycles. The van der Waals surface area contributed by atoms with Crippen LogP contribution in [0.2, 0.25) is 5.02 Å². The molecule has 0 bridgehead atoms. The van der Waals surface area contributed by atoms with Crippen LogP contribution in [-0.4, -0.2) is 42.5 Å². The van der Waals surface area contributed by atoms with Gasteiger partial charge in [0.15, 0.2) is 0 Å². The Hall–Kier alpha value is -1.98. The molecule has 1 aliphatic rings. The highest BCUT2D eigenvalue weighted by molar-refractivity contribution is 6.30. The number of nitrogens with one attached hydrogen (secondary N) is 2. The van der Waals surface area contributed by atoms with Crippen molar-refractivity contribution in [2.75, 3.05) is 26.7 Å². The van der Waals surface area contributed by atoms with Crippen molar-refractivity contribution in [3.63, 3.8) is 0 Å². The first-order chi connectivity index (χ1) is 10.7. The van der Waals surface area contributed by atoms with Crippen LogP contribution in [0.15, 0.2) is 36.5 Å². The lowest BCUT2D eigenvalue weighted by molar-refractivity contribution is 0.0626. The van der Waals surface area contributed by atoms with Gasteiger partial charge in [-0.3, -0.25) is 4.79 Å². The summed E-state index contributed by atoms with van der Waals surface area (Å²) >= 11 is 5.91. The molecular formula is C16H18ClN3O2. The van der Waals surface area contributed by atoms with E-state index in [9.17, 15) is 4.79 Å². The summed E-state index contributed by atoms with van der Waals surface area (Å²) in [6.07, 6.45) is 1.62. The second-order valence-electron chi connectivity index (χ2n) is 5.19. The number of aromatic nitrogens is 1. The molecule has 1 aliphatic heterocycles. The molecule has 2 N–H and O–H groups in total. The number of aromatic amines is 1. The molecule has 2 aromatic rings. The van der Waals surface area contributed by atoms with Gasteiger partial charge in [0.1, 0.15) is 11.4 Å². The third kappa shape index (κ3) is 2.82. The predicted octanol–water partition coefficient (Wildman–Crippen LogP) is 2.46. The van der Waals surface area contributed by atoms with Crippen LogP contribution in [0.4, 0.5) is 0 Å². The van der Waals surface area contributed by atoms with Gasteiger partial charge in [-0.15, -0.1) is 0 Å². The molecule has 1 amide bonds. The fourth-order valence-electron chi connectivity index (χ4n) is 2.81. The maximum atomic E-state index is 12.8. The minimum absolute atomic E-state index is 0.0516. The lowest BCUT2D eigenvalue weighted by atomic mass is 10.0. The average molecular weight is 320 g/mol. The van der Waals surface area contributed by atoms with Crippen molar-refractivity contribution in [3.05, 3.63) is 52.8 Å². The summed E-state index contributed by atoms with van der Waals surface area (Å²) in [6, 6.07) is 9.39. The number of methoxy groups -OCH3 is 1. The number of H-pyrrole nitrogens is 1. The minimum Gasteiger partial charge on any atom is -0.496 e. The van der Waals surface area contributed by atoms with Crippen LogP contribution in [0, 0.1) is 0 Å². The van der Waals surface area contributed by atoms with Crippen molar-refractivity contribution < 1.29 is 9.53 Å². The molecule has 1 aromatic heterocycles. The SMILES string of the molecule is COc1ccccc1C1CNCCN1C(=O)c1cc(Cl)c[nH]1. The second kappa shape index (κ2) is 6.42. The zero-order valence-corrected chi connectivity index (χ0v) is 13.1. The number of amides is 1. The van der Waals surface area contributed by atoms with E-state index < -0.39 is 0 Å². The smallest absolute Gasteiger partial charge is 0.270 e. The van der Waals surface area contributed by atoms with Crippen molar-refractivity contribution in [2.45, 2.75) is 6.04 Å². The van der Waals surface area contributed by atoms with E-state index in [2.05, 4.69) is 10.3 Å². The summed E-state index contributed by atoms with van der Waals surface area (Å²) in [6.45, 7) is 2.10. The summed E-state index contributed by atoms with van der Waals surface area (Å²) in [7, 11) is 1.64. The Kier molecular flexibility index (Phi) is 4.36. The molecule has 22 heavy (non-hydrogen) atoms. The van der Waals surface area contributed by atoms with Gasteiger partial charge in [0, 0.05) is 31.4 Å².